The van der Waals surface area contributed by atoms with E-state index in [-0.39, 0.29) is 10.6 Å². The van der Waals surface area contributed by atoms with Crippen molar-refractivity contribution >= 4 is 23.3 Å². The summed E-state index contributed by atoms with van der Waals surface area (Å²) in [7, 11) is 1.28. The highest BCUT2D eigenvalue weighted by atomic mass is 35.5. The average molecular weight is 426 g/mol. The van der Waals surface area contributed by atoms with Crippen LogP contribution in [0.5, 0.6) is 0 Å². The van der Waals surface area contributed by atoms with Gasteiger partial charge in [-0.05, 0) is 24.1 Å². The molecule has 0 aliphatic carbocycles. The first-order valence-corrected chi connectivity index (χ1v) is 9.95. The Labute approximate surface area is 178 Å². The van der Waals surface area contributed by atoms with Crippen molar-refractivity contribution in [1.29, 1.82) is 0 Å². The van der Waals surface area contributed by atoms with Gasteiger partial charge in [0.25, 0.3) is 5.56 Å². The van der Waals surface area contributed by atoms with Gasteiger partial charge < -0.3 is 9.64 Å². The lowest BCUT2D eigenvalue weighted by Crippen LogP contribution is -2.34. The van der Waals surface area contributed by atoms with Crippen molar-refractivity contribution in [2.45, 2.75) is 26.3 Å². The Kier molecular flexibility index (Phi) is 5.50. The van der Waals surface area contributed by atoms with Gasteiger partial charge in [0.15, 0.2) is 0 Å². The van der Waals surface area contributed by atoms with Crippen LogP contribution in [0, 0.1) is 0 Å². The van der Waals surface area contributed by atoms with Gasteiger partial charge in [0.05, 0.1) is 42.5 Å². The van der Waals surface area contributed by atoms with Crippen LogP contribution in [-0.2, 0) is 24.1 Å². The Morgan fingerprint density at radius 2 is 2.03 bits per heavy atom. The molecule has 0 radical (unpaired) electrons. The second kappa shape index (κ2) is 8.23. The molecule has 0 unspecified atom stereocenters. The zero-order chi connectivity index (χ0) is 21.3. The number of halogens is 1. The first-order chi connectivity index (χ1) is 14.5. The molecule has 0 spiro atoms. The van der Waals surface area contributed by atoms with Crippen molar-refractivity contribution < 1.29 is 9.53 Å². The van der Waals surface area contributed by atoms with Crippen molar-refractivity contribution in [3.05, 3.63) is 74.7 Å². The van der Waals surface area contributed by atoms with Crippen LogP contribution in [0.1, 0.15) is 34.4 Å². The van der Waals surface area contributed by atoms with Gasteiger partial charge in [-0.15, -0.1) is 0 Å². The highest BCUT2D eigenvalue weighted by molar-refractivity contribution is 6.33. The van der Waals surface area contributed by atoms with Crippen LogP contribution < -0.4 is 10.5 Å². The van der Waals surface area contributed by atoms with Crippen LogP contribution in [0.15, 0.2) is 41.5 Å². The molecule has 3 heterocycles. The van der Waals surface area contributed by atoms with E-state index in [4.69, 9.17) is 16.3 Å². The number of fused-ring (bicyclic) bond motifs is 1. The predicted molar refractivity (Wildman–Crippen MR) is 112 cm³/mol. The molecule has 0 N–H and O–H groups in total. The van der Waals surface area contributed by atoms with E-state index in [0.29, 0.717) is 24.5 Å². The average Bonchev–Trinajstić information content (AvgIpc) is 2.79. The molecule has 1 aliphatic rings. The second-order valence-electron chi connectivity index (χ2n) is 6.85. The summed E-state index contributed by atoms with van der Waals surface area (Å²) in [6.07, 6.45) is 4.93. The molecule has 0 saturated heterocycles. The van der Waals surface area contributed by atoms with E-state index in [2.05, 4.69) is 15.1 Å². The maximum atomic E-state index is 13.0. The Bertz CT molecular complexity index is 1180. The third-order valence-corrected chi connectivity index (χ3v) is 5.45. The number of carbonyl (C=O) groups excluding carboxylic acids is 1. The Morgan fingerprint density at radius 1 is 1.23 bits per heavy atom. The van der Waals surface area contributed by atoms with E-state index in [9.17, 15) is 9.59 Å². The molecule has 1 aromatic carbocycles. The number of ether oxygens (including phenoxy) is 1. The number of para-hydroxylation sites is 1. The van der Waals surface area contributed by atoms with Crippen LogP contribution in [0.3, 0.4) is 0 Å². The number of benzene rings is 1. The van der Waals surface area contributed by atoms with Gasteiger partial charge in [0.1, 0.15) is 10.8 Å². The molecule has 0 saturated carbocycles. The number of aryl methyl sites for hydroxylation is 1. The lowest BCUT2D eigenvalue weighted by Gasteiger charge is -2.30. The molecule has 8 nitrogen and oxygen atoms in total. The fourth-order valence-electron chi connectivity index (χ4n) is 3.48. The number of hydrogen-bond donors (Lipinski definition) is 0. The zero-order valence-electron chi connectivity index (χ0n) is 16.6. The summed E-state index contributed by atoms with van der Waals surface area (Å²) in [5, 5.41) is 4.33. The molecule has 0 bridgehead atoms. The minimum atomic E-state index is -0.557. The molecule has 3 aromatic rings. The summed E-state index contributed by atoms with van der Waals surface area (Å²) in [5.41, 5.74) is 2.61. The molecule has 4 rings (SSSR count). The van der Waals surface area contributed by atoms with Gasteiger partial charge in [0, 0.05) is 19.2 Å². The maximum Gasteiger partial charge on any atom is 0.340 e. The van der Waals surface area contributed by atoms with Crippen LogP contribution in [0.2, 0.25) is 5.02 Å². The van der Waals surface area contributed by atoms with Crippen LogP contribution in [0.25, 0.3) is 5.69 Å². The fourth-order valence-corrected chi connectivity index (χ4v) is 3.73. The summed E-state index contributed by atoms with van der Waals surface area (Å²) >= 11 is 6.47. The lowest BCUT2D eigenvalue weighted by molar-refractivity contribution is 0.0600. The maximum absolute atomic E-state index is 13.0. The molecule has 0 fully saturated rings. The first-order valence-electron chi connectivity index (χ1n) is 9.57. The van der Waals surface area contributed by atoms with E-state index in [1.54, 1.807) is 30.5 Å². The quantitative estimate of drug-likeness (QED) is 0.593. The number of methoxy groups -OCH3 is 1. The van der Waals surface area contributed by atoms with Crippen molar-refractivity contribution in [1.82, 2.24) is 19.7 Å². The Balaban J connectivity index is 1.71. The number of rotatable bonds is 4. The van der Waals surface area contributed by atoms with Gasteiger partial charge in [-0.2, -0.15) is 9.78 Å². The smallest absolute Gasteiger partial charge is 0.340 e. The molecule has 154 valence electrons. The number of nitrogens with zero attached hydrogens (tertiary/aromatic N) is 5. The normalized spacial score (nSPS) is 13.1. The number of esters is 1. The SMILES string of the molecule is CCc1ncc2c(n1)CN(c1cnn(-c3ccccc3C(=O)OC)c(=O)c1Cl)CC2. The van der Waals surface area contributed by atoms with E-state index >= 15 is 0 Å². The highest BCUT2D eigenvalue weighted by Crippen LogP contribution is 2.27. The second-order valence-corrected chi connectivity index (χ2v) is 7.23. The summed E-state index contributed by atoms with van der Waals surface area (Å²) < 4.78 is 5.92. The molecular weight excluding hydrogens is 406 g/mol. The molecule has 1 aliphatic heterocycles. The molecule has 2 aromatic heterocycles. The Hall–Kier alpha value is -3.26. The van der Waals surface area contributed by atoms with Crippen LogP contribution in [-0.4, -0.2) is 39.4 Å². The molecular formula is C21H20ClN5O3. The number of carbonyl (C=O) groups is 1. The van der Waals surface area contributed by atoms with Crippen LogP contribution >= 0.6 is 11.6 Å². The Morgan fingerprint density at radius 3 is 2.80 bits per heavy atom. The zero-order valence-corrected chi connectivity index (χ0v) is 17.4. The third-order valence-electron chi connectivity index (χ3n) is 5.09. The minimum absolute atomic E-state index is 0.0397. The number of anilines is 1. The summed E-state index contributed by atoms with van der Waals surface area (Å²) in [5.74, 6) is 0.230. The van der Waals surface area contributed by atoms with E-state index in [0.717, 1.165) is 34.6 Å². The largest absolute Gasteiger partial charge is 0.465 e. The standard InChI is InChI=1S/C21H20ClN5O3/c1-3-18-23-10-13-8-9-26(12-15(13)25-18)17-11-24-27(20(28)19(17)22)16-7-5-4-6-14(16)21(29)30-2/h4-7,10-11H,3,8-9,12H2,1-2H3. The van der Waals surface area contributed by atoms with E-state index in [1.165, 1.54) is 7.11 Å². The predicted octanol–water partition coefficient (Wildman–Crippen LogP) is 2.59. The van der Waals surface area contributed by atoms with Crippen molar-refractivity contribution in [2.75, 3.05) is 18.6 Å². The van der Waals surface area contributed by atoms with Gasteiger partial charge in [-0.25, -0.2) is 14.8 Å². The van der Waals surface area contributed by atoms with Gasteiger partial charge in [-0.1, -0.05) is 30.7 Å². The van der Waals surface area contributed by atoms with Crippen molar-refractivity contribution in [2.24, 2.45) is 0 Å². The van der Waals surface area contributed by atoms with Gasteiger partial charge in [-0.3, -0.25) is 4.79 Å². The van der Waals surface area contributed by atoms with Gasteiger partial charge >= 0.3 is 5.97 Å². The van der Waals surface area contributed by atoms with E-state index in [1.807, 2.05) is 18.0 Å². The summed E-state index contributed by atoms with van der Waals surface area (Å²) in [4.78, 5) is 36.0. The molecule has 0 atom stereocenters. The highest BCUT2D eigenvalue weighted by Gasteiger charge is 2.23. The molecule has 0 amide bonds. The third kappa shape index (κ3) is 3.54. The molecule has 9 heteroatoms. The van der Waals surface area contributed by atoms with Gasteiger partial charge in [0.2, 0.25) is 0 Å². The van der Waals surface area contributed by atoms with Crippen molar-refractivity contribution in [3.63, 3.8) is 0 Å². The fraction of sp³-hybridized carbons (Fsp3) is 0.286. The lowest BCUT2D eigenvalue weighted by atomic mass is 10.1. The summed E-state index contributed by atoms with van der Waals surface area (Å²) in [6, 6.07) is 6.60. The van der Waals surface area contributed by atoms with Crippen molar-refractivity contribution in [3.8, 4) is 5.69 Å². The minimum Gasteiger partial charge on any atom is -0.465 e. The first kappa shape index (κ1) is 20.0. The summed E-state index contributed by atoms with van der Waals surface area (Å²) in [6.45, 7) is 3.20. The topological polar surface area (TPSA) is 90.2 Å². The van der Waals surface area contributed by atoms with E-state index < -0.39 is 11.5 Å². The number of aromatic nitrogens is 4. The van der Waals surface area contributed by atoms with Crippen LogP contribution in [0.4, 0.5) is 5.69 Å². The monoisotopic (exact) mass is 425 g/mol. The molecule has 30 heavy (non-hydrogen) atoms. The number of hydrogen-bond acceptors (Lipinski definition) is 7.